The molecule has 0 radical (unpaired) electrons. The highest BCUT2D eigenvalue weighted by Crippen LogP contribution is 2.14. The second-order valence-corrected chi connectivity index (χ2v) is 6.38. The summed E-state index contributed by atoms with van der Waals surface area (Å²) in [5.74, 6) is 0.528. The third-order valence-electron chi connectivity index (χ3n) is 2.13. The minimum Gasteiger partial charge on any atom is -0.389 e. The van der Waals surface area contributed by atoms with E-state index < -0.39 is 9.84 Å². The summed E-state index contributed by atoms with van der Waals surface area (Å²) in [5.41, 5.74) is 6.14. The van der Waals surface area contributed by atoms with Gasteiger partial charge in [-0.25, -0.2) is 8.42 Å². The fourth-order valence-electron chi connectivity index (χ4n) is 1.21. The van der Waals surface area contributed by atoms with Crippen LogP contribution in [-0.2, 0) is 9.84 Å². The maximum atomic E-state index is 11.1. The Morgan fingerprint density at radius 3 is 2.76 bits per heavy atom. The minimum atomic E-state index is -3.01. The summed E-state index contributed by atoms with van der Waals surface area (Å²) in [6, 6.07) is 1.65. The van der Waals surface area contributed by atoms with E-state index >= 15 is 0 Å². The fourth-order valence-corrected chi connectivity index (χ4v) is 1.97. The molecule has 0 aromatic carbocycles. The van der Waals surface area contributed by atoms with Gasteiger partial charge < -0.3 is 10.6 Å². The first-order valence-electron chi connectivity index (χ1n) is 4.81. The van der Waals surface area contributed by atoms with Gasteiger partial charge in [-0.1, -0.05) is 12.2 Å². The molecule has 1 rings (SSSR count). The minimum absolute atomic E-state index is 0.0385. The first-order valence-corrected chi connectivity index (χ1v) is 7.28. The molecule has 1 aromatic heterocycles. The maximum absolute atomic E-state index is 11.1. The Balaban J connectivity index is 2.89. The molecular weight excluding hydrogens is 260 g/mol. The zero-order valence-electron chi connectivity index (χ0n) is 9.62. The molecule has 0 spiro atoms. The highest BCUT2D eigenvalue weighted by atomic mass is 32.2. The molecule has 0 aliphatic carbocycles. The Labute approximate surface area is 106 Å². The third-order valence-corrected chi connectivity index (χ3v) is 3.27. The zero-order chi connectivity index (χ0) is 13.1. The van der Waals surface area contributed by atoms with Crippen LogP contribution in [0.15, 0.2) is 12.3 Å². The predicted octanol–water partition coefficient (Wildman–Crippen LogP) is -0.408. The molecule has 6 nitrogen and oxygen atoms in total. The van der Waals surface area contributed by atoms with Crippen molar-refractivity contribution in [3.8, 4) is 0 Å². The SMILES string of the molecule is CN(CCS(C)(=O)=O)c1nnccc1C(N)=S. The molecule has 17 heavy (non-hydrogen) atoms. The second-order valence-electron chi connectivity index (χ2n) is 3.68. The van der Waals surface area contributed by atoms with Gasteiger partial charge in [-0.2, -0.15) is 5.10 Å². The van der Waals surface area contributed by atoms with Crippen LogP contribution in [0.3, 0.4) is 0 Å². The van der Waals surface area contributed by atoms with Gasteiger partial charge in [-0.15, -0.1) is 5.10 Å². The highest BCUT2D eigenvalue weighted by molar-refractivity contribution is 7.90. The lowest BCUT2D eigenvalue weighted by atomic mass is 10.2. The average molecular weight is 274 g/mol. The number of nitrogens with zero attached hydrogens (tertiary/aromatic N) is 3. The Bertz CT molecular complexity index is 515. The molecule has 1 aromatic rings. The molecular formula is C9H14N4O2S2. The van der Waals surface area contributed by atoms with Gasteiger partial charge in [0.25, 0.3) is 0 Å². The largest absolute Gasteiger partial charge is 0.389 e. The van der Waals surface area contributed by atoms with Crippen LogP contribution in [0.1, 0.15) is 5.56 Å². The van der Waals surface area contributed by atoms with Crippen molar-refractivity contribution in [3.05, 3.63) is 17.8 Å². The van der Waals surface area contributed by atoms with Crippen LogP contribution in [0.5, 0.6) is 0 Å². The highest BCUT2D eigenvalue weighted by Gasteiger charge is 2.13. The second kappa shape index (κ2) is 5.37. The number of anilines is 1. The molecule has 0 unspecified atom stereocenters. The molecule has 0 saturated carbocycles. The smallest absolute Gasteiger partial charge is 0.161 e. The fraction of sp³-hybridized carbons (Fsp3) is 0.444. The summed E-state index contributed by atoms with van der Waals surface area (Å²) in [6.07, 6.45) is 2.67. The standard InChI is InChI=1S/C9H14N4O2S2/c1-13(5-6-17(2,14)15)9-7(8(10)16)3-4-11-12-9/h3-4H,5-6H2,1-2H3,(H2,10,16). The van der Waals surface area contributed by atoms with Crippen LogP contribution in [0.4, 0.5) is 5.82 Å². The van der Waals surface area contributed by atoms with E-state index in [1.807, 2.05) is 0 Å². The number of rotatable bonds is 5. The molecule has 0 atom stereocenters. The van der Waals surface area contributed by atoms with Crippen LogP contribution >= 0.6 is 12.2 Å². The Hall–Kier alpha value is -1.28. The van der Waals surface area contributed by atoms with E-state index in [1.165, 1.54) is 12.5 Å². The van der Waals surface area contributed by atoms with Gasteiger partial charge in [0, 0.05) is 19.8 Å². The zero-order valence-corrected chi connectivity index (χ0v) is 11.3. The van der Waals surface area contributed by atoms with Gasteiger partial charge in [-0.05, 0) is 6.07 Å². The van der Waals surface area contributed by atoms with Gasteiger partial charge in [-0.3, -0.25) is 0 Å². The van der Waals surface area contributed by atoms with Crippen LogP contribution in [0.2, 0.25) is 0 Å². The topological polar surface area (TPSA) is 89.2 Å². The van der Waals surface area contributed by atoms with Crippen molar-refractivity contribution in [2.75, 3.05) is 30.5 Å². The number of sulfone groups is 1. The molecule has 2 N–H and O–H groups in total. The van der Waals surface area contributed by atoms with Crippen molar-refractivity contribution in [1.29, 1.82) is 0 Å². The normalized spacial score (nSPS) is 11.2. The third kappa shape index (κ3) is 4.23. The Kier molecular flexibility index (Phi) is 4.35. The number of thiocarbonyl (C=S) groups is 1. The lowest BCUT2D eigenvalue weighted by molar-refractivity contribution is 0.601. The number of nitrogens with two attached hydrogens (primary N) is 1. The lowest BCUT2D eigenvalue weighted by Gasteiger charge is -2.19. The number of hydrogen-bond donors (Lipinski definition) is 1. The van der Waals surface area contributed by atoms with E-state index in [4.69, 9.17) is 18.0 Å². The summed E-state index contributed by atoms with van der Waals surface area (Å²) in [4.78, 5) is 1.88. The van der Waals surface area contributed by atoms with E-state index in [0.717, 1.165) is 0 Å². The molecule has 0 fully saturated rings. The van der Waals surface area contributed by atoms with Crippen molar-refractivity contribution in [2.24, 2.45) is 5.73 Å². The van der Waals surface area contributed by atoms with Crippen LogP contribution in [0.25, 0.3) is 0 Å². The quantitative estimate of drug-likeness (QED) is 0.730. The maximum Gasteiger partial charge on any atom is 0.161 e. The monoisotopic (exact) mass is 274 g/mol. The van der Waals surface area contributed by atoms with Crippen molar-refractivity contribution in [3.63, 3.8) is 0 Å². The Morgan fingerprint density at radius 1 is 1.59 bits per heavy atom. The van der Waals surface area contributed by atoms with Gasteiger partial charge in [0.05, 0.1) is 17.5 Å². The molecule has 0 aliphatic heterocycles. The van der Waals surface area contributed by atoms with E-state index in [0.29, 0.717) is 17.9 Å². The van der Waals surface area contributed by atoms with Crippen molar-refractivity contribution >= 4 is 32.9 Å². The van der Waals surface area contributed by atoms with Crippen LogP contribution < -0.4 is 10.6 Å². The lowest BCUT2D eigenvalue weighted by Crippen LogP contribution is -2.28. The van der Waals surface area contributed by atoms with E-state index in [-0.39, 0.29) is 10.7 Å². The van der Waals surface area contributed by atoms with Gasteiger partial charge in [0.15, 0.2) is 5.82 Å². The molecule has 0 bridgehead atoms. The Morgan fingerprint density at radius 2 is 2.24 bits per heavy atom. The number of hydrogen-bond acceptors (Lipinski definition) is 6. The molecule has 94 valence electrons. The molecule has 8 heteroatoms. The van der Waals surface area contributed by atoms with Crippen LogP contribution in [-0.4, -0.2) is 49.2 Å². The summed E-state index contributed by atoms with van der Waals surface area (Å²) >= 11 is 4.89. The molecule has 0 aliphatic rings. The predicted molar refractivity (Wildman–Crippen MR) is 70.9 cm³/mol. The van der Waals surface area contributed by atoms with E-state index in [2.05, 4.69) is 10.2 Å². The number of aromatic nitrogens is 2. The average Bonchev–Trinajstić information content (AvgIpc) is 2.25. The van der Waals surface area contributed by atoms with Gasteiger partial charge in [0.1, 0.15) is 14.8 Å². The van der Waals surface area contributed by atoms with Crippen molar-refractivity contribution < 1.29 is 8.42 Å². The van der Waals surface area contributed by atoms with E-state index in [9.17, 15) is 8.42 Å². The molecule has 0 amide bonds. The molecule has 1 heterocycles. The van der Waals surface area contributed by atoms with E-state index in [1.54, 1.807) is 18.0 Å². The summed E-state index contributed by atoms with van der Waals surface area (Å²) in [5, 5.41) is 7.65. The summed E-state index contributed by atoms with van der Waals surface area (Å²) in [7, 11) is -1.30. The molecule has 0 saturated heterocycles. The van der Waals surface area contributed by atoms with Crippen molar-refractivity contribution in [2.45, 2.75) is 0 Å². The van der Waals surface area contributed by atoms with Crippen molar-refractivity contribution in [1.82, 2.24) is 10.2 Å². The van der Waals surface area contributed by atoms with Gasteiger partial charge in [0.2, 0.25) is 0 Å². The summed E-state index contributed by atoms with van der Waals surface area (Å²) < 4.78 is 22.1. The van der Waals surface area contributed by atoms with Gasteiger partial charge >= 0.3 is 0 Å². The summed E-state index contributed by atoms with van der Waals surface area (Å²) in [6.45, 7) is 0.313. The first kappa shape index (κ1) is 13.8. The van der Waals surface area contributed by atoms with Crippen LogP contribution in [0, 0.1) is 0 Å². The first-order chi connectivity index (χ1) is 7.81.